The van der Waals surface area contributed by atoms with Crippen LogP contribution in [0, 0.1) is 6.92 Å². The highest BCUT2D eigenvalue weighted by Gasteiger charge is 2.34. The van der Waals surface area contributed by atoms with Gasteiger partial charge in [0.2, 0.25) is 0 Å². The molecule has 3 aromatic rings. The molecule has 0 aromatic heterocycles. The molecule has 33 heavy (non-hydrogen) atoms. The fraction of sp³-hybridized carbons (Fsp3) is 0.192. The van der Waals surface area contributed by atoms with Crippen LogP contribution in [0.2, 0.25) is 0 Å². The Balaban J connectivity index is 1.88. The average Bonchev–Trinajstić information content (AvgIpc) is 2.82. The molecule has 3 rings (SSSR count). The van der Waals surface area contributed by atoms with Gasteiger partial charge in [-0.1, -0.05) is 60.7 Å². The first-order valence-corrected chi connectivity index (χ1v) is 11.2. The third-order valence-electron chi connectivity index (χ3n) is 4.90. The predicted molar refractivity (Wildman–Crippen MR) is 125 cm³/mol. The molecule has 0 aliphatic rings. The Bertz CT molecular complexity index is 1130. The van der Waals surface area contributed by atoms with Crippen LogP contribution in [-0.2, 0) is 10.7 Å². The fourth-order valence-electron chi connectivity index (χ4n) is 3.34. The van der Waals surface area contributed by atoms with Crippen LogP contribution in [0.5, 0.6) is 5.75 Å². The molecule has 0 heterocycles. The first kappa shape index (κ1) is 24.5. The van der Waals surface area contributed by atoms with Crippen LogP contribution in [0.25, 0.3) is 5.57 Å². The summed E-state index contributed by atoms with van der Waals surface area (Å²) in [6, 6.07) is 20.6. The summed E-state index contributed by atoms with van der Waals surface area (Å²) >= 11 is 1.49. The summed E-state index contributed by atoms with van der Waals surface area (Å²) in [6.45, 7) is -0.363. The summed E-state index contributed by atoms with van der Waals surface area (Å²) in [4.78, 5) is 11.6. The first-order chi connectivity index (χ1) is 15.8. The topological polar surface area (TPSA) is 46.5 Å². The van der Waals surface area contributed by atoms with Crippen molar-refractivity contribution in [2.45, 2.75) is 17.7 Å². The van der Waals surface area contributed by atoms with Gasteiger partial charge < -0.3 is 9.84 Å². The molecule has 0 bridgehead atoms. The third-order valence-corrected chi connectivity index (χ3v) is 5.82. The van der Waals surface area contributed by atoms with E-state index in [2.05, 4.69) is 0 Å². The van der Waals surface area contributed by atoms with Gasteiger partial charge in [-0.3, -0.25) is 0 Å². The molecule has 172 valence electrons. The van der Waals surface area contributed by atoms with E-state index in [4.69, 9.17) is 9.84 Å². The van der Waals surface area contributed by atoms with Gasteiger partial charge in [-0.15, -0.1) is 11.8 Å². The summed E-state index contributed by atoms with van der Waals surface area (Å²) in [7, 11) is 0. The minimum absolute atomic E-state index is 0.292. The van der Waals surface area contributed by atoms with Crippen molar-refractivity contribution in [2.75, 3.05) is 19.0 Å². The molecule has 0 aliphatic heterocycles. The van der Waals surface area contributed by atoms with Crippen molar-refractivity contribution in [3.05, 3.63) is 101 Å². The average molecular weight is 473 g/mol. The molecule has 0 saturated heterocycles. The van der Waals surface area contributed by atoms with Gasteiger partial charge in [0.1, 0.15) is 5.75 Å². The molecular weight excluding hydrogens is 449 g/mol. The van der Waals surface area contributed by atoms with Crippen LogP contribution in [0.1, 0.15) is 22.3 Å². The van der Waals surface area contributed by atoms with E-state index in [0.717, 1.165) is 16.0 Å². The summed E-state index contributed by atoms with van der Waals surface area (Å²) in [5.74, 6) is -3.66. The number of ether oxygens (including phenoxy) is 1. The molecule has 0 saturated carbocycles. The zero-order chi connectivity index (χ0) is 23.8. The zero-order valence-electron chi connectivity index (χ0n) is 17.9. The maximum absolute atomic E-state index is 14.3. The number of hydrogen-bond donors (Lipinski definition) is 1. The van der Waals surface area contributed by atoms with Crippen molar-refractivity contribution < 1.29 is 27.8 Å². The van der Waals surface area contributed by atoms with E-state index < -0.39 is 25.2 Å². The number of thioether (sulfide) groups is 1. The minimum atomic E-state index is -3.58. The van der Waals surface area contributed by atoms with Crippen molar-refractivity contribution in [2.24, 2.45) is 0 Å². The second kappa shape index (κ2) is 11.1. The van der Waals surface area contributed by atoms with Crippen LogP contribution in [0.3, 0.4) is 0 Å². The molecule has 0 radical (unpaired) electrons. The third kappa shape index (κ3) is 6.42. The largest absolute Gasteiger partial charge is 0.482 e. The normalized spacial score (nSPS) is 11.9. The fourth-order valence-corrected chi connectivity index (χ4v) is 4.21. The molecule has 7 heteroatoms. The number of benzene rings is 3. The van der Waals surface area contributed by atoms with Crippen molar-refractivity contribution in [3.63, 3.8) is 0 Å². The molecule has 3 aromatic carbocycles. The molecule has 0 atom stereocenters. The number of carboxylic acid groups (broad SMARTS) is 1. The van der Waals surface area contributed by atoms with Gasteiger partial charge in [0, 0.05) is 16.2 Å². The van der Waals surface area contributed by atoms with Crippen LogP contribution in [-0.4, -0.2) is 30.1 Å². The predicted octanol–water partition coefficient (Wildman–Crippen LogP) is 6.74. The van der Waals surface area contributed by atoms with Gasteiger partial charge in [0.05, 0.1) is 0 Å². The van der Waals surface area contributed by atoms with E-state index in [9.17, 15) is 18.0 Å². The van der Waals surface area contributed by atoms with E-state index in [1.807, 2.05) is 55.5 Å². The molecule has 0 aliphatic carbocycles. The number of hydrogen-bond acceptors (Lipinski definition) is 3. The zero-order valence-corrected chi connectivity index (χ0v) is 18.7. The summed E-state index contributed by atoms with van der Waals surface area (Å²) in [6.07, 6.45) is 1.86. The lowest BCUT2D eigenvalue weighted by Crippen LogP contribution is -2.18. The quantitative estimate of drug-likeness (QED) is 0.332. The number of carboxylic acids is 1. The van der Waals surface area contributed by atoms with Crippen molar-refractivity contribution in [1.82, 2.24) is 0 Å². The highest BCUT2D eigenvalue weighted by Crippen LogP contribution is 2.37. The van der Waals surface area contributed by atoms with Crippen LogP contribution < -0.4 is 4.74 Å². The maximum Gasteiger partial charge on any atom is 0.341 e. The summed E-state index contributed by atoms with van der Waals surface area (Å²) < 4.78 is 47.1. The van der Waals surface area contributed by atoms with Gasteiger partial charge >= 0.3 is 11.9 Å². The number of aliphatic carboxylic acids is 1. The van der Waals surface area contributed by atoms with E-state index >= 15 is 0 Å². The smallest absolute Gasteiger partial charge is 0.341 e. The van der Waals surface area contributed by atoms with E-state index in [1.54, 1.807) is 18.2 Å². The molecular formula is C26H23F3O3S. The summed E-state index contributed by atoms with van der Waals surface area (Å²) in [5, 5.41) is 8.76. The van der Waals surface area contributed by atoms with Crippen molar-refractivity contribution in [1.29, 1.82) is 0 Å². The molecule has 0 amide bonds. The van der Waals surface area contributed by atoms with E-state index in [-0.39, 0.29) is 5.56 Å². The number of rotatable bonds is 10. The Morgan fingerprint density at radius 3 is 2.42 bits per heavy atom. The Morgan fingerprint density at radius 1 is 1.06 bits per heavy atom. The highest BCUT2D eigenvalue weighted by atomic mass is 32.2. The van der Waals surface area contributed by atoms with Gasteiger partial charge in [-0.05, 0) is 47.4 Å². The number of halogens is 3. The van der Waals surface area contributed by atoms with Crippen molar-refractivity contribution in [3.8, 4) is 5.75 Å². The first-order valence-electron chi connectivity index (χ1n) is 10.2. The number of carbonyl (C=O) groups is 1. The molecule has 0 fully saturated rings. The molecule has 1 N–H and O–H groups in total. The van der Waals surface area contributed by atoms with E-state index in [1.165, 1.54) is 23.9 Å². The SMILES string of the molecule is Cc1cc(SC/C=C(/c2ccccc2)c2ccccc2C(F)(F)CF)ccc1OCC(=O)O. The molecule has 3 nitrogen and oxygen atoms in total. The lowest BCUT2D eigenvalue weighted by molar-refractivity contribution is -0.139. The minimum Gasteiger partial charge on any atom is -0.482 e. The molecule has 0 spiro atoms. The number of alkyl halides is 3. The van der Waals surface area contributed by atoms with Gasteiger partial charge in [-0.25, -0.2) is 9.18 Å². The Labute approximate surface area is 194 Å². The number of aryl methyl sites for hydroxylation is 1. The van der Waals surface area contributed by atoms with Gasteiger partial charge in [-0.2, -0.15) is 8.78 Å². The maximum atomic E-state index is 14.3. The van der Waals surface area contributed by atoms with E-state index in [0.29, 0.717) is 22.6 Å². The van der Waals surface area contributed by atoms with Crippen LogP contribution in [0.15, 0.2) is 83.8 Å². The second-order valence-corrected chi connectivity index (χ2v) is 8.38. The van der Waals surface area contributed by atoms with Gasteiger partial charge in [0.25, 0.3) is 0 Å². The summed E-state index contributed by atoms with van der Waals surface area (Å²) in [5.41, 5.74) is 2.10. The monoisotopic (exact) mass is 472 g/mol. The highest BCUT2D eigenvalue weighted by molar-refractivity contribution is 7.99. The Kier molecular flexibility index (Phi) is 8.22. The second-order valence-electron chi connectivity index (χ2n) is 7.29. The molecule has 0 unspecified atom stereocenters. The van der Waals surface area contributed by atoms with Gasteiger partial charge in [0.15, 0.2) is 13.3 Å². The van der Waals surface area contributed by atoms with Crippen LogP contribution >= 0.6 is 11.8 Å². The lowest BCUT2D eigenvalue weighted by Gasteiger charge is -2.19. The van der Waals surface area contributed by atoms with Crippen LogP contribution in [0.4, 0.5) is 13.2 Å². The Morgan fingerprint density at radius 2 is 1.76 bits per heavy atom. The van der Waals surface area contributed by atoms with Crippen molar-refractivity contribution >= 4 is 23.3 Å². The standard InChI is InChI=1S/C26H23F3O3S/c1-18-15-20(11-12-24(18)32-16-25(30)31)33-14-13-21(19-7-3-2-4-8-19)22-9-5-6-10-23(22)26(28,29)17-27/h2-13,15H,14,16-17H2,1H3,(H,30,31)/b21-13-. The lowest BCUT2D eigenvalue weighted by atomic mass is 9.91. The Hall–Kier alpha value is -3.19.